The number of fused-ring (bicyclic) bond motifs is 1. The maximum Gasteiger partial charge on any atom is 0.257 e. The summed E-state index contributed by atoms with van der Waals surface area (Å²) >= 11 is 5.77. The van der Waals surface area contributed by atoms with Crippen molar-refractivity contribution in [1.82, 2.24) is 14.9 Å². The molecule has 1 aromatic carbocycles. The highest BCUT2D eigenvalue weighted by Crippen LogP contribution is 2.30. The Morgan fingerprint density at radius 2 is 1.93 bits per heavy atom. The summed E-state index contributed by atoms with van der Waals surface area (Å²) in [7, 11) is 0. The van der Waals surface area contributed by atoms with Crippen molar-refractivity contribution in [2.45, 2.75) is 20.8 Å². The molecule has 0 radical (unpaired) electrons. The molecule has 0 fully saturated rings. The molecule has 2 heterocycles. The SMILES string of the molecule is CCN(CC)C(=O)c1cnc2nc(C)ccc2c1Nc1ccc(Cl)c(F)c1.Cl. The fourth-order valence-corrected chi connectivity index (χ4v) is 2.99. The number of benzene rings is 1. The summed E-state index contributed by atoms with van der Waals surface area (Å²) in [6.07, 6.45) is 1.52. The smallest absolute Gasteiger partial charge is 0.257 e. The second-order valence-electron chi connectivity index (χ2n) is 6.10. The van der Waals surface area contributed by atoms with Crippen LogP contribution in [0, 0.1) is 12.7 Å². The average Bonchev–Trinajstić information content (AvgIpc) is 2.65. The lowest BCUT2D eigenvalue weighted by atomic mass is 10.1. The predicted molar refractivity (Wildman–Crippen MR) is 113 cm³/mol. The molecule has 1 N–H and O–H groups in total. The molecule has 3 rings (SSSR count). The van der Waals surface area contributed by atoms with Gasteiger partial charge in [-0.05, 0) is 51.1 Å². The summed E-state index contributed by atoms with van der Waals surface area (Å²) in [6.45, 7) is 6.87. The lowest BCUT2D eigenvalue weighted by Crippen LogP contribution is -2.31. The van der Waals surface area contributed by atoms with E-state index >= 15 is 0 Å². The van der Waals surface area contributed by atoms with Gasteiger partial charge in [0.1, 0.15) is 5.82 Å². The molecule has 0 aliphatic carbocycles. The van der Waals surface area contributed by atoms with Crippen molar-refractivity contribution in [2.75, 3.05) is 18.4 Å². The van der Waals surface area contributed by atoms with Crippen molar-refractivity contribution in [1.29, 1.82) is 0 Å². The number of pyridine rings is 2. The van der Waals surface area contributed by atoms with Gasteiger partial charge < -0.3 is 10.2 Å². The molecule has 0 unspecified atom stereocenters. The van der Waals surface area contributed by atoms with E-state index in [9.17, 15) is 9.18 Å². The van der Waals surface area contributed by atoms with E-state index in [1.54, 1.807) is 11.0 Å². The minimum absolute atomic E-state index is 0. The van der Waals surface area contributed by atoms with E-state index in [2.05, 4.69) is 15.3 Å². The summed E-state index contributed by atoms with van der Waals surface area (Å²) in [5.41, 5.74) is 2.78. The van der Waals surface area contributed by atoms with Crippen molar-refractivity contribution < 1.29 is 9.18 Å². The maximum atomic E-state index is 13.9. The first-order chi connectivity index (χ1) is 12.9. The summed E-state index contributed by atoms with van der Waals surface area (Å²) in [5, 5.41) is 3.89. The van der Waals surface area contributed by atoms with Crippen LogP contribution in [0.25, 0.3) is 11.0 Å². The van der Waals surface area contributed by atoms with Crippen LogP contribution in [0.15, 0.2) is 36.5 Å². The zero-order valence-corrected chi connectivity index (χ0v) is 17.4. The van der Waals surface area contributed by atoms with E-state index in [-0.39, 0.29) is 23.3 Å². The van der Waals surface area contributed by atoms with Gasteiger partial charge in [0.25, 0.3) is 5.91 Å². The number of halogens is 3. The molecule has 2 aromatic heterocycles. The summed E-state index contributed by atoms with van der Waals surface area (Å²) in [5.74, 6) is -0.683. The fraction of sp³-hybridized carbons (Fsp3) is 0.250. The van der Waals surface area contributed by atoms with Crippen LogP contribution >= 0.6 is 24.0 Å². The van der Waals surface area contributed by atoms with Crippen molar-refractivity contribution >= 4 is 52.3 Å². The molecule has 0 saturated carbocycles. The van der Waals surface area contributed by atoms with Crippen LogP contribution in [0.3, 0.4) is 0 Å². The maximum absolute atomic E-state index is 13.9. The normalized spacial score (nSPS) is 10.5. The van der Waals surface area contributed by atoms with E-state index in [0.29, 0.717) is 41.1 Å². The highest BCUT2D eigenvalue weighted by Gasteiger charge is 2.20. The Morgan fingerprint density at radius 1 is 1.21 bits per heavy atom. The predicted octanol–water partition coefficient (Wildman–Crippen LogP) is 5.38. The first-order valence-corrected chi connectivity index (χ1v) is 9.10. The fourth-order valence-electron chi connectivity index (χ4n) is 2.87. The third kappa shape index (κ3) is 4.34. The van der Waals surface area contributed by atoms with E-state index in [4.69, 9.17) is 11.6 Å². The Hall–Kier alpha value is -2.44. The molecule has 3 aromatic rings. The Balaban J connectivity index is 0.00000280. The molecule has 1 amide bonds. The zero-order valence-electron chi connectivity index (χ0n) is 15.8. The second-order valence-corrected chi connectivity index (χ2v) is 6.51. The van der Waals surface area contributed by atoms with Gasteiger partial charge in [-0.2, -0.15) is 0 Å². The molecule has 0 aliphatic rings. The van der Waals surface area contributed by atoms with Crippen LogP contribution in [0.2, 0.25) is 5.02 Å². The van der Waals surface area contributed by atoms with Gasteiger partial charge in [-0.15, -0.1) is 12.4 Å². The van der Waals surface area contributed by atoms with Crippen molar-refractivity contribution in [3.8, 4) is 0 Å². The third-order valence-electron chi connectivity index (χ3n) is 4.34. The molecule has 5 nitrogen and oxygen atoms in total. The van der Waals surface area contributed by atoms with Crippen molar-refractivity contribution in [3.05, 3.63) is 58.6 Å². The Labute approximate surface area is 174 Å². The van der Waals surface area contributed by atoms with Crippen molar-refractivity contribution in [2.24, 2.45) is 0 Å². The minimum Gasteiger partial charge on any atom is -0.354 e. The topological polar surface area (TPSA) is 58.1 Å². The van der Waals surface area contributed by atoms with Crippen LogP contribution in [0.1, 0.15) is 29.9 Å². The first kappa shape index (κ1) is 21.9. The number of anilines is 2. The number of amides is 1. The quantitative estimate of drug-likeness (QED) is 0.599. The number of hydrogen-bond donors (Lipinski definition) is 1. The van der Waals surface area contributed by atoms with Gasteiger partial charge >= 0.3 is 0 Å². The van der Waals surface area contributed by atoms with Gasteiger partial charge in [-0.3, -0.25) is 4.79 Å². The van der Waals surface area contributed by atoms with Crippen LogP contribution in [-0.4, -0.2) is 33.9 Å². The summed E-state index contributed by atoms with van der Waals surface area (Å²) in [6, 6.07) is 8.13. The van der Waals surface area contributed by atoms with E-state index < -0.39 is 5.82 Å². The monoisotopic (exact) mass is 422 g/mol. The third-order valence-corrected chi connectivity index (χ3v) is 4.65. The first-order valence-electron chi connectivity index (χ1n) is 8.72. The van der Waals surface area contributed by atoms with Crippen LogP contribution in [0.5, 0.6) is 0 Å². The summed E-state index contributed by atoms with van der Waals surface area (Å²) in [4.78, 5) is 23.5. The standard InChI is InChI=1S/C20H20ClFN4O.ClH/c1-4-26(5-2)20(27)15-11-23-19-14(8-6-12(3)24-19)18(15)25-13-7-9-16(21)17(22)10-13;/h6-11H,4-5H2,1-3H3,(H,23,24,25);1H. The average molecular weight is 423 g/mol. The van der Waals surface area contributed by atoms with Gasteiger partial charge in [0.05, 0.1) is 16.3 Å². The Kier molecular flexibility index (Phi) is 7.16. The highest BCUT2D eigenvalue weighted by molar-refractivity contribution is 6.30. The number of hydrogen-bond acceptors (Lipinski definition) is 4. The number of nitrogens with zero attached hydrogens (tertiary/aromatic N) is 3. The number of carbonyl (C=O) groups excluding carboxylic acids is 1. The molecule has 8 heteroatoms. The van der Waals surface area contributed by atoms with Crippen LogP contribution < -0.4 is 5.32 Å². The van der Waals surface area contributed by atoms with Crippen LogP contribution in [-0.2, 0) is 0 Å². The van der Waals surface area contributed by atoms with Gasteiger partial charge in [-0.1, -0.05) is 11.6 Å². The number of aryl methyl sites for hydroxylation is 1. The molecule has 0 atom stereocenters. The molecule has 0 saturated heterocycles. The van der Waals surface area contributed by atoms with Gasteiger partial charge in [0.2, 0.25) is 0 Å². The number of rotatable bonds is 5. The second kappa shape index (κ2) is 9.17. The summed E-state index contributed by atoms with van der Waals surface area (Å²) < 4.78 is 13.9. The number of aromatic nitrogens is 2. The molecule has 0 spiro atoms. The highest BCUT2D eigenvalue weighted by atomic mass is 35.5. The number of nitrogens with one attached hydrogen (secondary N) is 1. The molecule has 0 bridgehead atoms. The van der Waals surface area contributed by atoms with E-state index in [1.165, 1.54) is 18.3 Å². The minimum atomic E-state index is -0.536. The van der Waals surface area contributed by atoms with Crippen LogP contribution in [0.4, 0.5) is 15.8 Å². The molecule has 148 valence electrons. The molecular formula is C20H21Cl2FN4O. The van der Waals surface area contributed by atoms with Gasteiger partial charge in [-0.25, -0.2) is 14.4 Å². The molecule has 28 heavy (non-hydrogen) atoms. The Bertz CT molecular complexity index is 1010. The molecule has 0 aliphatic heterocycles. The zero-order chi connectivity index (χ0) is 19.6. The number of carbonyl (C=O) groups is 1. The largest absolute Gasteiger partial charge is 0.354 e. The van der Waals surface area contributed by atoms with E-state index in [0.717, 1.165) is 5.69 Å². The molecular weight excluding hydrogens is 402 g/mol. The van der Waals surface area contributed by atoms with Gasteiger partial charge in [0.15, 0.2) is 5.65 Å². The lowest BCUT2D eigenvalue weighted by molar-refractivity contribution is 0.0774. The van der Waals surface area contributed by atoms with Gasteiger partial charge in [0, 0.05) is 36.1 Å². The lowest BCUT2D eigenvalue weighted by Gasteiger charge is -2.21. The Morgan fingerprint density at radius 3 is 2.57 bits per heavy atom. The van der Waals surface area contributed by atoms with E-state index in [1.807, 2.05) is 32.9 Å². The van der Waals surface area contributed by atoms with Crippen molar-refractivity contribution in [3.63, 3.8) is 0 Å².